The highest BCUT2D eigenvalue weighted by atomic mass is 16.5. The summed E-state index contributed by atoms with van der Waals surface area (Å²) in [5, 5.41) is 9.45. The minimum Gasteiger partial charge on any atom is -0.480 e. The Morgan fingerprint density at radius 1 is 1.40 bits per heavy atom. The largest absolute Gasteiger partial charge is 0.480 e. The second-order valence-corrected chi connectivity index (χ2v) is 6.01. The van der Waals surface area contributed by atoms with Gasteiger partial charge in [-0.25, -0.2) is 0 Å². The molecule has 1 aliphatic rings. The molecule has 1 aromatic carbocycles. The lowest BCUT2D eigenvalue weighted by atomic mass is 9.93. The molecule has 0 unspecified atom stereocenters. The lowest BCUT2D eigenvalue weighted by Gasteiger charge is -2.36. The van der Waals surface area contributed by atoms with Crippen molar-refractivity contribution in [2.75, 3.05) is 13.7 Å². The van der Waals surface area contributed by atoms with Crippen LogP contribution in [-0.2, 0) is 22.5 Å². The molecule has 2 rings (SSSR count). The monoisotopic (exact) mass is 277 g/mol. The summed E-state index contributed by atoms with van der Waals surface area (Å²) in [6.07, 6.45) is 1.40. The van der Waals surface area contributed by atoms with Gasteiger partial charge in [-0.1, -0.05) is 24.3 Å². The minimum atomic E-state index is -0.741. The fraction of sp³-hybridized carbons (Fsp3) is 0.562. The predicted octanol–water partition coefficient (Wildman–Crippen LogP) is 2.31. The number of carbonyl (C=O) groups is 1. The topological polar surface area (TPSA) is 49.8 Å². The third-order valence-electron chi connectivity index (χ3n) is 4.18. The van der Waals surface area contributed by atoms with E-state index in [1.165, 1.54) is 5.56 Å². The van der Waals surface area contributed by atoms with Crippen molar-refractivity contribution in [2.24, 2.45) is 0 Å². The molecule has 1 heterocycles. The standard InChI is InChI=1S/C16H23NO3/c1-16(2,20-3)8-9-17-11-13-7-5-4-6-12(13)10-14(17)15(18)19/h4-7,14H,8-11H2,1-3H3,(H,18,19)/t14-/m0/s1. The van der Waals surface area contributed by atoms with Crippen molar-refractivity contribution in [1.29, 1.82) is 0 Å². The van der Waals surface area contributed by atoms with Crippen LogP contribution in [0.5, 0.6) is 0 Å². The molecule has 1 N–H and O–H groups in total. The Balaban J connectivity index is 2.12. The van der Waals surface area contributed by atoms with E-state index in [1.54, 1.807) is 7.11 Å². The summed E-state index contributed by atoms with van der Waals surface area (Å²) in [5.41, 5.74) is 2.17. The molecule has 1 aliphatic heterocycles. The average molecular weight is 277 g/mol. The Kier molecular flexibility index (Phi) is 4.45. The first-order valence-corrected chi connectivity index (χ1v) is 7.02. The van der Waals surface area contributed by atoms with E-state index in [4.69, 9.17) is 4.74 Å². The molecular formula is C16H23NO3. The van der Waals surface area contributed by atoms with Crippen molar-refractivity contribution in [3.05, 3.63) is 35.4 Å². The average Bonchev–Trinajstić information content (AvgIpc) is 2.44. The maximum Gasteiger partial charge on any atom is 0.321 e. The highest BCUT2D eigenvalue weighted by Gasteiger charge is 2.32. The summed E-state index contributed by atoms with van der Waals surface area (Å²) >= 11 is 0. The zero-order valence-corrected chi connectivity index (χ0v) is 12.4. The summed E-state index contributed by atoms with van der Waals surface area (Å²) in [5.74, 6) is -0.741. The third kappa shape index (κ3) is 3.38. The van der Waals surface area contributed by atoms with Gasteiger partial charge < -0.3 is 9.84 Å². The molecule has 20 heavy (non-hydrogen) atoms. The number of ether oxygens (including phenoxy) is 1. The number of hydrogen-bond donors (Lipinski definition) is 1. The van der Waals surface area contributed by atoms with Gasteiger partial charge in [-0.2, -0.15) is 0 Å². The molecule has 0 aromatic heterocycles. The highest BCUT2D eigenvalue weighted by molar-refractivity contribution is 5.74. The van der Waals surface area contributed by atoms with Crippen LogP contribution in [-0.4, -0.2) is 41.3 Å². The van der Waals surface area contributed by atoms with Crippen LogP contribution in [0.25, 0.3) is 0 Å². The molecule has 4 nitrogen and oxygen atoms in total. The van der Waals surface area contributed by atoms with Crippen molar-refractivity contribution in [2.45, 2.75) is 44.9 Å². The van der Waals surface area contributed by atoms with Crippen LogP contribution in [0.15, 0.2) is 24.3 Å². The van der Waals surface area contributed by atoms with Gasteiger partial charge in [0.25, 0.3) is 0 Å². The lowest BCUT2D eigenvalue weighted by molar-refractivity contribution is -0.144. The van der Waals surface area contributed by atoms with Gasteiger partial charge in [0.2, 0.25) is 0 Å². The zero-order chi connectivity index (χ0) is 14.8. The first-order chi connectivity index (χ1) is 9.43. The maximum absolute atomic E-state index is 11.5. The number of aliphatic carboxylic acids is 1. The number of hydrogen-bond acceptors (Lipinski definition) is 3. The Bertz CT molecular complexity index is 484. The molecule has 0 spiro atoms. The third-order valence-corrected chi connectivity index (χ3v) is 4.18. The second-order valence-electron chi connectivity index (χ2n) is 6.01. The van der Waals surface area contributed by atoms with Crippen LogP contribution in [0.1, 0.15) is 31.4 Å². The van der Waals surface area contributed by atoms with E-state index in [9.17, 15) is 9.90 Å². The van der Waals surface area contributed by atoms with Crippen LogP contribution in [0.2, 0.25) is 0 Å². The van der Waals surface area contributed by atoms with Crippen LogP contribution >= 0.6 is 0 Å². The van der Waals surface area contributed by atoms with E-state index in [0.29, 0.717) is 13.0 Å². The Labute approximate surface area is 120 Å². The van der Waals surface area contributed by atoms with Gasteiger partial charge in [0.05, 0.1) is 5.60 Å². The Morgan fingerprint density at radius 2 is 2.05 bits per heavy atom. The molecule has 0 radical (unpaired) electrons. The number of fused-ring (bicyclic) bond motifs is 1. The van der Waals surface area contributed by atoms with E-state index in [1.807, 2.05) is 36.9 Å². The van der Waals surface area contributed by atoms with E-state index in [0.717, 1.165) is 18.5 Å². The summed E-state index contributed by atoms with van der Waals surface area (Å²) < 4.78 is 5.42. The summed E-state index contributed by atoms with van der Waals surface area (Å²) in [4.78, 5) is 13.5. The molecular weight excluding hydrogens is 254 g/mol. The van der Waals surface area contributed by atoms with Crippen LogP contribution in [0, 0.1) is 0 Å². The fourth-order valence-corrected chi connectivity index (χ4v) is 2.57. The van der Waals surface area contributed by atoms with E-state index >= 15 is 0 Å². The van der Waals surface area contributed by atoms with E-state index < -0.39 is 12.0 Å². The van der Waals surface area contributed by atoms with Crippen LogP contribution in [0.3, 0.4) is 0 Å². The summed E-state index contributed by atoms with van der Waals surface area (Å²) in [6.45, 7) is 5.49. The number of methoxy groups -OCH3 is 1. The molecule has 0 saturated heterocycles. The summed E-state index contributed by atoms with van der Waals surface area (Å²) in [6, 6.07) is 7.67. The van der Waals surface area contributed by atoms with Gasteiger partial charge in [-0.05, 0) is 37.8 Å². The van der Waals surface area contributed by atoms with Crippen molar-refractivity contribution in [3.8, 4) is 0 Å². The Hall–Kier alpha value is -1.39. The summed E-state index contributed by atoms with van der Waals surface area (Å²) in [7, 11) is 1.69. The molecule has 0 amide bonds. The normalized spacial score (nSPS) is 19.6. The van der Waals surface area contributed by atoms with Gasteiger partial charge >= 0.3 is 5.97 Å². The van der Waals surface area contributed by atoms with Crippen molar-refractivity contribution >= 4 is 5.97 Å². The van der Waals surface area contributed by atoms with Gasteiger partial charge in [-0.15, -0.1) is 0 Å². The van der Waals surface area contributed by atoms with Gasteiger partial charge in [-0.3, -0.25) is 9.69 Å². The molecule has 1 aromatic rings. The second kappa shape index (κ2) is 5.94. The smallest absolute Gasteiger partial charge is 0.321 e. The SMILES string of the molecule is COC(C)(C)CCN1Cc2ccccc2C[C@H]1C(=O)O. The number of carboxylic acids is 1. The van der Waals surface area contributed by atoms with Gasteiger partial charge in [0.15, 0.2) is 0 Å². The lowest BCUT2D eigenvalue weighted by Crippen LogP contribution is -2.47. The highest BCUT2D eigenvalue weighted by Crippen LogP contribution is 2.25. The quantitative estimate of drug-likeness (QED) is 0.897. The van der Waals surface area contributed by atoms with Crippen molar-refractivity contribution < 1.29 is 14.6 Å². The van der Waals surface area contributed by atoms with Gasteiger partial charge in [0, 0.05) is 20.2 Å². The molecule has 0 aliphatic carbocycles. The number of carboxylic acid groups (broad SMARTS) is 1. The molecule has 4 heteroatoms. The van der Waals surface area contributed by atoms with Crippen molar-refractivity contribution in [3.63, 3.8) is 0 Å². The molecule has 0 saturated carbocycles. The van der Waals surface area contributed by atoms with Crippen molar-refractivity contribution in [1.82, 2.24) is 4.90 Å². The molecule has 0 bridgehead atoms. The minimum absolute atomic E-state index is 0.222. The Morgan fingerprint density at radius 3 is 2.65 bits per heavy atom. The fourth-order valence-electron chi connectivity index (χ4n) is 2.57. The molecule has 0 fully saturated rings. The number of benzene rings is 1. The van der Waals surface area contributed by atoms with E-state index in [2.05, 4.69) is 6.07 Å². The molecule has 110 valence electrons. The predicted molar refractivity (Wildman–Crippen MR) is 77.7 cm³/mol. The molecule has 1 atom stereocenters. The zero-order valence-electron chi connectivity index (χ0n) is 12.4. The number of rotatable bonds is 5. The maximum atomic E-state index is 11.5. The van der Waals surface area contributed by atoms with Gasteiger partial charge in [0.1, 0.15) is 6.04 Å². The first-order valence-electron chi connectivity index (χ1n) is 7.02. The number of nitrogens with zero attached hydrogens (tertiary/aromatic N) is 1. The first kappa shape index (κ1) is 15.0. The van der Waals surface area contributed by atoms with Crippen LogP contribution in [0.4, 0.5) is 0 Å². The van der Waals surface area contributed by atoms with E-state index in [-0.39, 0.29) is 5.60 Å². The van der Waals surface area contributed by atoms with Crippen LogP contribution < -0.4 is 0 Å².